The molecule has 1 rings (SSSR count). The Morgan fingerprint density at radius 1 is 1.38 bits per heavy atom. The summed E-state index contributed by atoms with van der Waals surface area (Å²) in [5.74, 6) is 0. The van der Waals surface area contributed by atoms with Crippen LogP contribution in [0.2, 0.25) is 0 Å². The fourth-order valence-electron chi connectivity index (χ4n) is 1.70. The van der Waals surface area contributed by atoms with E-state index in [0.717, 1.165) is 32.7 Å². The summed E-state index contributed by atoms with van der Waals surface area (Å²) < 4.78 is 7.17. The van der Waals surface area contributed by atoms with Crippen LogP contribution in [0.5, 0.6) is 0 Å². The van der Waals surface area contributed by atoms with E-state index in [1.165, 1.54) is 18.5 Å². The zero-order chi connectivity index (χ0) is 11.6. The van der Waals surface area contributed by atoms with Crippen LogP contribution in [0.3, 0.4) is 0 Å². The number of aromatic nitrogens is 2. The van der Waals surface area contributed by atoms with Gasteiger partial charge in [-0.1, -0.05) is 0 Å². The Kier molecular flexibility index (Phi) is 6.85. The molecule has 0 saturated heterocycles. The van der Waals surface area contributed by atoms with Crippen molar-refractivity contribution in [3.05, 3.63) is 18.2 Å². The van der Waals surface area contributed by atoms with Crippen LogP contribution in [0.4, 0.5) is 0 Å². The van der Waals surface area contributed by atoms with E-state index < -0.39 is 0 Å². The summed E-state index contributed by atoms with van der Waals surface area (Å²) in [5.41, 5.74) is 1.35. The second kappa shape index (κ2) is 8.30. The Morgan fingerprint density at radius 2 is 2.25 bits per heavy atom. The molecule has 4 nitrogen and oxygen atoms in total. The van der Waals surface area contributed by atoms with Gasteiger partial charge in [-0.05, 0) is 32.7 Å². The number of ether oxygens (including phenoxy) is 1. The summed E-state index contributed by atoms with van der Waals surface area (Å²) in [5, 5.41) is 3.35. The van der Waals surface area contributed by atoms with Gasteiger partial charge in [0, 0.05) is 32.1 Å². The van der Waals surface area contributed by atoms with E-state index in [0.29, 0.717) is 0 Å². The van der Waals surface area contributed by atoms with Crippen LogP contribution in [0, 0.1) is 0 Å². The van der Waals surface area contributed by atoms with Crippen LogP contribution in [0.25, 0.3) is 0 Å². The minimum absolute atomic E-state index is 0.794. The highest BCUT2D eigenvalue weighted by Gasteiger charge is 1.99. The third-order valence-corrected chi connectivity index (χ3v) is 2.66. The molecule has 0 aliphatic heterocycles. The number of methoxy groups -OCH3 is 1. The molecule has 0 spiro atoms. The summed E-state index contributed by atoms with van der Waals surface area (Å²) in [6, 6.07) is 0. The number of imidazole rings is 1. The molecule has 1 aromatic rings. The number of rotatable bonds is 9. The van der Waals surface area contributed by atoms with Crippen LogP contribution in [0.1, 0.15) is 25.5 Å². The van der Waals surface area contributed by atoms with Crippen molar-refractivity contribution >= 4 is 0 Å². The summed E-state index contributed by atoms with van der Waals surface area (Å²) in [6.07, 6.45) is 7.43. The first-order valence-corrected chi connectivity index (χ1v) is 6.07. The molecule has 0 fully saturated rings. The van der Waals surface area contributed by atoms with E-state index in [4.69, 9.17) is 4.74 Å². The maximum atomic E-state index is 4.96. The summed E-state index contributed by atoms with van der Waals surface area (Å²) >= 11 is 0. The van der Waals surface area contributed by atoms with E-state index in [1.807, 2.05) is 12.5 Å². The van der Waals surface area contributed by atoms with Gasteiger partial charge in [-0.3, -0.25) is 0 Å². The largest absolute Gasteiger partial charge is 0.383 e. The highest BCUT2D eigenvalue weighted by Crippen LogP contribution is 2.04. The molecule has 1 N–H and O–H groups in total. The lowest BCUT2D eigenvalue weighted by Crippen LogP contribution is -2.20. The first-order chi connectivity index (χ1) is 7.88. The van der Waals surface area contributed by atoms with E-state index in [1.54, 1.807) is 7.11 Å². The lowest BCUT2D eigenvalue weighted by atomic mass is 10.2. The third-order valence-electron chi connectivity index (χ3n) is 2.66. The van der Waals surface area contributed by atoms with Crippen LogP contribution < -0.4 is 5.32 Å². The molecule has 1 heterocycles. The average Bonchev–Trinajstić information content (AvgIpc) is 2.75. The van der Waals surface area contributed by atoms with Gasteiger partial charge in [-0.25, -0.2) is 4.98 Å². The van der Waals surface area contributed by atoms with Gasteiger partial charge in [0.05, 0.1) is 12.9 Å². The van der Waals surface area contributed by atoms with Crippen molar-refractivity contribution in [2.75, 3.05) is 26.8 Å². The molecule has 0 atom stereocenters. The Morgan fingerprint density at radius 3 is 3.00 bits per heavy atom. The molecule has 4 heteroatoms. The minimum atomic E-state index is 0.794. The lowest BCUT2D eigenvalue weighted by molar-refractivity contribution is 0.199. The predicted molar refractivity (Wildman–Crippen MR) is 65.6 cm³/mol. The maximum Gasteiger partial charge on any atom is 0.0948 e. The predicted octanol–water partition coefficient (Wildman–Crippen LogP) is 1.46. The Bertz CT molecular complexity index is 273. The van der Waals surface area contributed by atoms with Crippen LogP contribution in [0.15, 0.2) is 12.5 Å². The monoisotopic (exact) mass is 225 g/mol. The number of hydrogen-bond acceptors (Lipinski definition) is 3. The molecular weight excluding hydrogens is 202 g/mol. The van der Waals surface area contributed by atoms with E-state index in [-0.39, 0.29) is 0 Å². The maximum absolute atomic E-state index is 4.96. The Hall–Kier alpha value is -0.870. The second-order valence-corrected chi connectivity index (χ2v) is 3.87. The molecule has 0 unspecified atom stereocenters. The molecule has 0 amide bonds. The normalized spacial score (nSPS) is 10.9. The van der Waals surface area contributed by atoms with Gasteiger partial charge in [0.2, 0.25) is 0 Å². The molecule has 0 aliphatic rings. The number of nitrogens with zero attached hydrogens (tertiary/aromatic N) is 2. The smallest absolute Gasteiger partial charge is 0.0948 e. The molecule has 0 aromatic carbocycles. The van der Waals surface area contributed by atoms with Gasteiger partial charge in [-0.2, -0.15) is 0 Å². The van der Waals surface area contributed by atoms with Crippen molar-refractivity contribution < 1.29 is 4.74 Å². The Balaban J connectivity index is 2.03. The van der Waals surface area contributed by atoms with E-state index in [9.17, 15) is 0 Å². The summed E-state index contributed by atoms with van der Waals surface area (Å²) in [7, 11) is 1.73. The fraction of sp³-hybridized carbons (Fsp3) is 0.750. The molecule has 1 aromatic heterocycles. The van der Waals surface area contributed by atoms with Gasteiger partial charge in [0.15, 0.2) is 0 Å². The van der Waals surface area contributed by atoms with Crippen molar-refractivity contribution in [2.24, 2.45) is 0 Å². The van der Waals surface area contributed by atoms with Crippen LogP contribution in [-0.4, -0.2) is 36.4 Å². The van der Waals surface area contributed by atoms with Crippen molar-refractivity contribution in [1.82, 2.24) is 14.9 Å². The second-order valence-electron chi connectivity index (χ2n) is 3.87. The van der Waals surface area contributed by atoms with E-state index >= 15 is 0 Å². The van der Waals surface area contributed by atoms with Gasteiger partial charge < -0.3 is 14.6 Å². The SMILES string of the molecule is CCn1cncc1CCCCNCCOC. The zero-order valence-electron chi connectivity index (χ0n) is 10.4. The molecular formula is C12H23N3O. The average molecular weight is 225 g/mol. The first-order valence-electron chi connectivity index (χ1n) is 6.07. The van der Waals surface area contributed by atoms with Gasteiger partial charge >= 0.3 is 0 Å². The minimum Gasteiger partial charge on any atom is -0.383 e. The number of aryl methyl sites for hydroxylation is 2. The summed E-state index contributed by atoms with van der Waals surface area (Å²) in [4.78, 5) is 4.16. The van der Waals surface area contributed by atoms with Crippen molar-refractivity contribution in [3.8, 4) is 0 Å². The fourth-order valence-corrected chi connectivity index (χ4v) is 1.70. The number of hydrogen-bond donors (Lipinski definition) is 1. The molecule has 0 saturated carbocycles. The highest BCUT2D eigenvalue weighted by atomic mass is 16.5. The lowest BCUT2D eigenvalue weighted by Gasteiger charge is -2.06. The summed E-state index contributed by atoms with van der Waals surface area (Å²) in [6.45, 7) is 5.98. The Labute approximate surface area is 98.0 Å². The van der Waals surface area contributed by atoms with Crippen LogP contribution >= 0.6 is 0 Å². The molecule has 0 radical (unpaired) electrons. The quantitative estimate of drug-likeness (QED) is 0.647. The van der Waals surface area contributed by atoms with Crippen LogP contribution in [-0.2, 0) is 17.7 Å². The van der Waals surface area contributed by atoms with Gasteiger partial charge in [0.1, 0.15) is 0 Å². The zero-order valence-corrected chi connectivity index (χ0v) is 10.4. The molecule has 0 aliphatic carbocycles. The first kappa shape index (κ1) is 13.2. The van der Waals surface area contributed by atoms with Crippen molar-refractivity contribution in [1.29, 1.82) is 0 Å². The standard InChI is InChI=1S/C12H23N3O/c1-3-15-11-14-10-12(15)6-4-5-7-13-8-9-16-2/h10-11,13H,3-9H2,1-2H3. The number of unbranched alkanes of at least 4 members (excludes halogenated alkanes) is 1. The van der Waals surface area contributed by atoms with Crippen molar-refractivity contribution in [2.45, 2.75) is 32.7 Å². The highest BCUT2D eigenvalue weighted by molar-refractivity contribution is 4.98. The van der Waals surface area contributed by atoms with E-state index in [2.05, 4.69) is 21.8 Å². The molecule has 0 bridgehead atoms. The number of nitrogens with one attached hydrogen (secondary N) is 1. The van der Waals surface area contributed by atoms with Crippen molar-refractivity contribution in [3.63, 3.8) is 0 Å². The van der Waals surface area contributed by atoms with Gasteiger partial charge in [0.25, 0.3) is 0 Å². The van der Waals surface area contributed by atoms with Gasteiger partial charge in [-0.15, -0.1) is 0 Å². The molecule has 16 heavy (non-hydrogen) atoms. The topological polar surface area (TPSA) is 39.1 Å². The molecule has 92 valence electrons. The third kappa shape index (κ3) is 4.77.